The molecular formula is C17H18O7S. The van der Waals surface area contributed by atoms with E-state index in [0.717, 1.165) is 12.0 Å². The fraction of sp³-hybridized carbons (Fsp3) is 0.353. The van der Waals surface area contributed by atoms with Gasteiger partial charge in [-0.2, -0.15) is 0 Å². The van der Waals surface area contributed by atoms with Gasteiger partial charge in [-0.3, -0.25) is 9.59 Å². The summed E-state index contributed by atoms with van der Waals surface area (Å²) in [5.41, 5.74) is 0.409. The van der Waals surface area contributed by atoms with Gasteiger partial charge in [0.25, 0.3) is 0 Å². The van der Waals surface area contributed by atoms with E-state index < -0.39 is 35.4 Å². The Labute approximate surface area is 149 Å². The molecule has 0 N–H and O–H groups in total. The molecule has 1 unspecified atom stereocenters. The van der Waals surface area contributed by atoms with Crippen LogP contribution < -0.4 is 0 Å². The number of esters is 2. The normalized spacial score (nSPS) is 21.8. The van der Waals surface area contributed by atoms with Crippen LogP contribution in [0.4, 0.5) is 0 Å². The first-order chi connectivity index (χ1) is 12.0. The molecule has 1 aliphatic rings. The van der Waals surface area contributed by atoms with Crippen molar-refractivity contribution in [2.24, 2.45) is 0 Å². The molecule has 134 valence electrons. The summed E-state index contributed by atoms with van der Waals surface area (Å²) in [5.74, 6) is -1.50. The van der Waals surface area contributed by atoms with Gasteiger partial charge in [0.2, 0.25) is 0 Å². The summed E-state index contributed by atoms with van der Waals surface area (Å²) < 4.78 is 20.8. The van der Waals surface area contributed by atoms with Crippen LogP contribution in [0, 0.1) is 0 Å². The van der Waals surface area contributed by atoms with Crippen LogP contribution in [0.1, 0.15) is 24.2 Å². The van der Waals surface area contributed by atoms with Gasteiger partial charge < -0.3 is 18.4 Å². The Morgan fingerprint density at radius 2 is 1.84 bits per heavy atom. The van der Waals surface area contributed by atoms with E-state index in [2.05, 4.69) is 0 Å². The SMILES string of the molecule is CC(=O)OCC1OC=C[C@@H](SOC(=O)c2ccccc2)[C@@H]1OC(C)=O. The van der Waals surface area contributed by atoms with Crippen molar-refractivity contribution in [3.8, 4) is 0 Å². The van der Waals surface area contributed by atoms with Crippen LogP contribution in [0.2, 0.25) is 0 Å². The van der Waals surface area contributed by atoms with Crippen LogP contribution >= 0.6 is 12.0 Å². The van der Waals surface area contributed by atoms with Gasteiger partial charge in [-0.1, -0.05) is 18.2 Å². The van der Waals surface area contributed by atoms with Crippen molar-refractivity contribution in [1.29, 1.82) is 0 Å². The Balaban J connectivity index is 2.01. The molecule has 2 rings (SSSR count). The molecule has 0 saturated carbocycles. The van der Waals surface area contributed by atoms with E-state index in [4.69, 9.17) is 18.4 Å². The Morgan fingerprint density at radius 1 is 1.12 bits per heavy atom. The monoisotopic (exact) mass is 366 g/mol. The van der Waals surface area contributed by atoms with Crippen molar-refractivity contribution >= 4 is 30.0 Å². The minimum absolute atomic E-state index is 0.0820. The van der Waals surface area contributed by atoms with Gasteiger partial charge in [-0.05, 0) is 18.2 Å². The molecule has 25 heavy (non-hydrogen) atoms. The standard InChI is InChI=1S/C17H18O7S/c1-11(18)22-10-14-16(23-12(2)19)15(8-9-21-14)25-24-17(20)13-6-4-3-5-7-13/h3-9,14-16H,10H2,1-2H3/t14?,15-,16-/m1/s1. The quantitative estimate of drug-likeness (QED) is 0.560. The molecule has 8 heteroatoms. The first-order valence-electron chi connectivity index (χ1n) is 7.53. The number of hydrogen-bond acceptors (Lipinski definition) is 8. The zero-order chi connectivity index (χ0) is 18.2. The second-order valence-corrected chi connectivity index (χ2v) is 6.08. The Morgan fingerprint density at radius 3 is 2.48 bits per heavy atom. The van der Waals surface area contributed by atoms with Crippen LogP contribution in [-0.2, 0) is 28.0 Å². The van der Waals surface area contributed by atoms with E-state index in [1.165, 1.54) is 20.1 Å². The highest BCUT2D eigenvalue weighted by Crippen LogP contribution is 2.28. The average molecular weight is 366 g/mol. The fourth-order valence-electron chi connectivity index (χ4n) is 2.10. The number of hydrogen-bond donors (Lipinski definition) is 0. The summed E-state index contributed by atoms with van der Waals surface area (Å²) in [7, 11) is 0. The molecule has 0 bridgehead atoms. The summed E-state index contributed by atoms with van der Waals surface area (Å²) in [6.07, 6.45) is 1.56. The Hall–Kier alpha value is -2.48. The fourth-order valence-corrected chi connectivity index (χ4v) is 2.86. The lowest BCUT2D eigenvalue weighted by Crippen LogP contribution is -2.44. The van der Waals surface area contributed by atoms with Crippen molar-refractivity contribution < 1.29 is 32.8 Å². The third kappa shape index (κ3) is 5.82. The Bertz CT molecular complexity index is 644. The maximum atomic E-state index is 12.0. The lowest BCUT2D eigenvalue weighted by molar-refractivity contribution is -0.159. The number of carbonyl (C=O) groups is 3. The summed E-state index contributed by atoms with van der Waals surface area (Å²) >= 11 is 0.854. The average Bonchev–Trinajstić information content (AvgIpc) is 2.59. The summed E-state index contributed by atoms with van der Waals surface area (Å²) in [5, 5.41) is -0.495. The Kier molecular flexibility index (Phi) is 6.88. The number of rotatable bonds is 6. The molecule has 0 fully saturated rings. The van der Waals surface area contributed by atoms with Crippen molar-refractivity contribution in [2.75, 3.05) is 6.61 Å². The number of ether oxygens (including phenoxy) is 3. The van der Waals surface area contributed by atoms with Crippen molar-refractivity contribution in [3.63, 3.8) is 0 Å². The molecule has 0 aliphatic carbocycles. The molecule has 1 aromatic carbocycles. The van der Waals surface area contributed by atoms with Crippen molar-refractivity contribution in [1.82, 2.24) is 0 Å². The zero-order valence-electron chi connectivity index (χ0n) is 13.7. The lowest BCUT2D eigenvalue weighted by Gasteiger charge is -2.32. The molecule has 7 nitrogen and oxygen atoms in total. The van der Waals surface area contributed by atoms with Gasteiger partial charge in [0.05, 0.1) is 23.9 Å². The van der Waals surface area contributed by atoms with Crippen LogP contribution in [-0.4, -0.2) is 42.0 Å². The smallest absolute Gasteiger partial charge is 0.350 e. The number of benzene rings is 1. The minimum Gasteiger partial charge on any atom is -0.491 e. The highest BCUT2D eigenvalue weighted by molar-refractivity contribution is 7.95. The largest absolute Gasteiger partial charge is 0.491 e. The van der Waals surface area contributed by atoms with Gasteiger partial charge in [0.15, 0.2) is 12.2 Å². The third-order valence-electron chi connectivity index (χ3n) is 3.21. The van der Waals surface area contributed by atoms with Crippen LogP contribution in [0.15, 0.2) is 42.7 Å². The molecule has 0 aromatic heterocycles. The molecule has 1 heterocycles. The van der Waals surface area contributed by atoms with Gasteiger partial charge in [-0.15, -0.1) is 0 Å². The molecule has 0 amide bonds. The number of carbonyl (C=O) groups excluding carboxylic acids is 3. The van der Waals surface area contributed by atoms with Crippen LogP contribution in [0.5, 0.6) is 0 Å². The first-order valence-corrected chi connectivity index (χ1v) is 8.33. The van der Waals surface area contributed by atoms with Crippen molar-refractivity contribution in [2.45, 2.75) is 31.3 Å². The van der Waals surface area contributed by atoms with Crippen molar-refractivity contribution in [3.05, 3.63) is 48.2 Å². The van der Waals surface area contributed by atoms with Gasteiger partial charge in [-0.25, -0.2) is 4.79 Å². The predicted octanol–water partition coefficient (Wildman–Crippen LogP) is 2.27. The summed E-state index contributed by atoms with van der Waals surface area (Å²) in [4.78, 5) is 34.4. The molecule has 3 atom stereocenters. The van der Waals surface area contributed by atoms with E-state index >= 15 is 0 Å². The summed E-state index contributed by atoms with van der Waals surface area (Å²) in [6.45, 7) is 2.45. The van der Waals surface area contributed by atoms with Crippen LogP contribution in [0.25, 0.3) is 0 Å². The molecule has 1 aromatic rings. The molecule has 1 aliphatic heterocycles. The third-order valence-corrected chi connectivity index (χ3v) is 4.10. The maximum absolute atomic E-state index is 12.0. The van der Waals surface area contributed by atoms with E-state index in [-0.39, 0.29) is 6.61 Å². The molecular weight excluding hydrogens is 348 g/mol. The topological polar surface area (TPSA) is 88.1 Å². The highest BCUT2D eigenvalue weighted by Gasteiger charge is 2.37. The molecule has 0 radical (unpaired) electrons. The van der Waals surface area contributed by atoms with Crippen LogP contribution in [0.3, 0.4) is 0 Å². The summed E-state index contributed by atoms with van der Waals surface area (Å²) in [6, 6.07) is 8.52. The highest BCUT2D eigenvalue weighted by atomic mass is 32.2. The van der Waals surface area contributed by atoms with E-state index in [1.807, 2.05) is 0 Å². The van der Waals surface area contributed by atoms with Gasteiger partial charge in [0, 0.05) is 13.8 Å². The van der Waals surface area contributed by atoms with Gasteiger partial charge >= 0.3 is 17.9 Å². The second kappa shape index (κ2) is 9.12. The van der Waals surface area contributed by atoms with E-state index in [1.54, 1.807) is 36.4 Å². The zero-order valence-corrected chi connectivity index (χ0v) is 14.6. The maximum Gasteiger partial charge on any atom is 0.350 e. The molecule has 0 saturated heterocycles. The molecule has 0 spiro atoms. The van der Waals surface area contributed by atoms with Gasteiger partial charge in [0.1, 0.15) is 11.9 Å². The minimum atomic E-state index is -0.768. The predicted molar refractivity (Wildman–Crippen MR) is 89.4 cm³/mol. The first kappa shape index (κ1) is 18.9. The van der Waals surface area contributed by atoms with E-state index in [0.29, 0.717) is 5.56 Å². The van der Waals surface area contributed by atoms with E-state index in [9.17, 15) is 14.4 Å². The second-order valence-electron chi connectivity index (χ2n) is 5.18. The lowest BCUT2D eigenvalue weighted by atomic mass is 10.1.